The van der Waals surface area contributed by atoms with Crippen molar-refractivity contribution in [3.05, 3.63) is 94.8 Å². The first-order chi connectivity index (χ1) is 13.4. The van der Waals surface area contributed by atoms with Crippen molar-refractivity contribution < 1.29 is 4.39 Å². The third-order valence-corrected chi connectivity index (χ3v) is 5.38. The van der Waals surface area contributed by atoms with Crippen LogP contribution in [-0.2, 0) is 0 Å². The van der Waals surface area contributed by atoms with Crippen LogP contribution in [0.25, 0.3) is 5.57 Å². The van der Waals surface area contributed by atoms with E-state index in [2.05, 4.69) is 52.2 Å². The van der Waals surface area contributed by atoms with E-state index >= 15 is 0 Å². The topological polar surface area (TPSA) is 12.0 Å². The predicted octanol–water partition coefficient (Wildman–Crippen LogP) is 7.93. The molecule has 0 aliphatic heterocycles. The lowest BCUT2D eigenvalue weighted by Gasteiger charge is -2.22. The maximum absolute atomic E-state index is 13.1. The van der Waals surface area contributed by atoms with Crippen LogP contribution in [0.3, 0.4) is 0 Å². The van der Waals surface area contributed by atoms with Crippen molar-refractivity contribution in [1.29, 1.82) is 0 Å². The van der Waals surface area contributed by atoms with E-state index < -0.39 is 6.67 Å². The maximum atomic E-state index is 13.1. The van der Waals surface area contributed by atoms with Crippen molar-refractivity contribution in [3.63, 3.8) is 0 Å². The first-order valence-corrected chi connectivity index (χ1v) is 9.83. The Balaban J connectivity index is 2.22. The van der Waals surface area contributed by atoms with Gasteiger partial charge in [-0.3, -0.25) is 0 Å². The fourth-order valence-corrected chi connectivity index (χ4v) is 3.74. The molecule has 0 amide bonds. The summed E-state index contributed by atoms with van der Waals surface area (Å²) in [5.41, 5.74) is 10.7. The number of halogens is 1. The Kier molecular flexibility index (Phi) is 7.80. The number of hydrogen-bond acceptors (Lipinski definition) is 1. The van der Waals surface area contributed by atoms with Gasteiger partial charge in [0, 0.05) is 5.69 Å². The first kappa shape index (κ1) is 21.7. The molecule has 28 heavy (non-hydrogen) atoms. The lowest BCUT2D eigenvalue weighted by atomic mass is 9.83. The second kappa shape index (κ2) is 10.1. The van der Waals surface area contributed by atoms with Crippen LogP contribution in [0.15, 0.2) is 89.2 Å². The molecule has 0 aromatic heterocycles. The van der Waals surface area contributed by atoms with Crippen LogP contribution >= 0.6 is 0 Å². The average Bonchev–Trinajstić information content (AvgIpc) is 2.65. The molecule has 1 aliphatic rings. The predicted molar refractivity (Wildman–Crippen MR) is 122 cm³/mol. The third kappa shape index (κ3) is 5.45. The summed E-state index contributed by atoms with van der Waals surface area (Å²) >= 11 is 0. The van der Waals surface area contributed by atoms with E-state index in [1.807, 2.05) is 24.3 Å². The first-order valence-electron chi connectivity index (χ1n) is 9.83. The van der Waals surface area contributed by atoms with E-state index in [0.29, 0.717) is 6.42 Å². The zero-order chi connectivity index (χ0) is 20.7. The van der Waals surface area contributed by atoms with Crippen molar-refractivity contribution in [3.8, 4) is 0 Å². The molecule has 0 atom stereocenters. The monoisotopic (exact) mass is 377 g/mol. The second-order valence-electron chi connectivity index (χ2n) is 7.56. The fourth-order valence-electron chi connectivity index (χ4n) is 3.74. The third-order valence-electron chi connectivity index (χ3n) is 5.38. The molecule has 1 aliphatic carbocycles. The number of hydrogen-bond donors (Lipinski definition) is 1. The zero-order valence-electron chi connectivity index (χ0n) is 17.7. The fraction of sp³-hybridized carbons (Fsp3) is 0.308. The van der Waals surface area contributed by atoms with E-state index in [0.717, 1.165) is 35.2 Å². The summed E-state index contributed by atoms with van der Waals surface area (Å²) in [5, 5.41) is 3.06. The largest absolute Gasteiger partial charge is 0.362 e. The molecule has 0 spiro atoms. The number of nitrogens with one attached hydrogen (secondary N) is 1. The Labute approximate surface area is 169 Å². The van der Waals surface area contributed by atoms with Gasteiger partial charge in [-0.2, -0.15) is 0 Å². The number of rotatable bonds is 8. The minimum atomic E-state index is -0.471. The molecule has 148 valence electrons. The van der Waals surface area contributed by atoms with Crippen LogP contribution in [0.1, 0.15) is 52.5 Å². The van der Waals surface area contributed by atoms with Gasteiger partial charge < -0.3 is 5.32 Å². The molecule has 0 heterocycles. The van der Waals surface area contributed by atoms with E-state index in [1.165, 1.54) is 27.9 Å². The minimum absolute atomic E-state index is 0.471. The van der Waals surface area contributed by atoms with Crippen molar-refractivity contribution in [2.45, 2.75) is 47.0 Å². The van der Waals surface area contributed by atoms with Gasteiger partial charge in [-0.15, -0.1) is 0 Å². The van der Waals surface area contributed by atoms with Gasteiger partial charge in [0.15, 0.2) is 0 Å². The van der Waals surface area contributed by atoms with E-state index in [4.69, 9.17) is 0 Å². The summed E-state index contributed by atoms with van der Waals surface area (Å²) in [5.74, 6) is 0. The van der Waals surface area contributed by atoms with Crippen LogP contribution in [0.4, 0.5) is 10.1 Å². The van der Waals surface area contributed by atoms with Gasteiger partial charge in [-0.1, -0.05) is 48.1 Å². The zero-order valence-corrected chi connectivity index (χ0v) is 17.7. The Hall–Kier alpha value is -2.61. The molecular formula is C26H32FN. The summed E-state index contributed by atoms with van der Waals surface area (Å²) in [4.78, 5) is 0. The van der Waals surface area contributed by atoms with Crippen molar-refractivity contribution >= 4 is 11.3 Å². The second-order valence-corrected chi connectivity index (χ2v) is 7.56. The molecule has 0 radical (unpaired) electrons. The molecule has 1 aromatic carbocycles. The molecular weight excluding hydrogens is 345 g/mol. The molecule has 1 N–H and O–H groups in total. The highest BCUT2D eigenvalue weighted by atomic mass is 19.1. The number of benzene rings is 1. The molecule has 1 nitrogen and oxygen atoms in total. The summed E-state index contributed by atoms with van der Waals surface area (Å²) in [6, 6.07) is 7.99. The minimum Gasteiger partial charge on any atom is -0.362 e. The molecule has 2 heteroatoms. The Morgan fingerprint density at radius 1 is 1.11 bits per heavy atom. The highest BCUT2D eigenvalue weighted by Gasteiger charge is 2.15. The number of alkyl halides is 1. The smallest absolute Gasteiger partial charge is 0.108 e. The number of anilines is 1. The summed E-state index contributed by atoms with van der Waals surface area (Å²) in [6.07, 6.45) is 8.40. The summed E-state index contributed by atoms with van der Waals surface area (Å²) in [6.45, 7) is 16.2. The SMILES string of the molecule is C=CNc1ccc(/C(=C/CF)C/C(C)=C\C(=C)C2=C(C)CCC(C)=C2C)cc1. The van der Waals surface area contributed by atoms with Crippen LogP contribution < -0.4 is 5.32 Å². The summed E-state index contributed by atoms with van der Waals surface area (Å²) in [7, 11) is 0. The lowest BCUT2D eigenvalue weighted by Crippen LogP contribution is -2.03. The molecule has 0 fully saturated rings. The Morgan fingerprint density at radius 2 is 1.75 bits per heavy atom. The maximum Gasteiger partial charge on any atom is 0.108 e. The van der Waals surface area contributed by atoms with Gasteiger partial charge in [0.1, 0.15) is 6.67 Å². The quantitative estimate of drug-likeness (QED) is 0.453. The molecule has 1 aromatic rings. The molecule has 2 rings (SSSR count). The lowest BCUT2D eigenvalue weighted by molar-refractivity contribution is 0.562. The standard InChI is InChI=1S/C26H32FN/c1-7-28-25-12-10-23(11-13-25)24(14-15-27)17-18(2)16-21(5)26-20(4)9-8-19(3)22(26)6/h7,10-14,16,28H,1,5,8-9,15,17H2,2-4,6H3/b18-16-,24-14+. The Morgan fingerprint density at radius 3 is 2.36 bits per heavy atom. The average molecular weight is 378 g/mol. The molecule has 0 saturated heterocycles. The van der Waals surface area contributed by atoms with Crippen LogP contribution in [-0.4, -0.2) is 6.67 Å². The molecule has 0 saturated carbocycles. The number of allylic oxidation sites excluding steroid dienone is 9. The molecule has 0 unspecified atom stereocenters. The Bertz CT molecular complexity index is 860. The van der Waals surface area contributed by atoms with Crippen LogP contribution in [0.5, 0.6) is 0 Å². The summed E-state index contributed by atoms with van der Waals surface area (Å²) < 4.78 is 13.1. The van der Waals surface area contributed by atoms with Gasteiger partial charge in [0.2, 0.25) is 0 Å². The van der Waals surface area contributed by atoms with Gasteiger partial charge in [0.05, 0.1) is 0 Å². The van der Waals surface area contributed by atoms with Gasteiger partial charge in [0.25, 0.3) is 0 Å². The van der Waals surface area contributed by atoms with Gasteiger partial charge in [-0.25, -0.2) is 4.39 Å². The normalized spacial score (nSPS) is 15.8. The van der Waals surface area contributed by atoms with Gasteiger partial charge in [-0.05, 0) is 99.2 Å². The van der Waals surface area contributed by atoms with Crippen molar-refractivity contribution in [2.24, 2.45) is 0 Å². The molecule has 0 bridgehead atoms. The van der Waals surface area contributed by atoms with Crippen molar-refractivity contribution in [2.75, 3.05) is 12.0 Å². The van der Waals surface area contributed by atoms with Gasteiger partial charge >= 0.3 is 0 Å². The van der Waals surface area contributed by atoms with E-state index in [-0.39, 0.29) is 0 Å². The highest BCUT2D eigenvalue weighted by molar-refractivity contribution is 5.70. The van der Waals surface area contributed by atoms with Crippen LogP contribution in [0.2, 0.25) is 0 Å². The highest BCUT2D eigenvalue weighted by Crippen LogP contribution is 2.35. The van der Waals surface area contributed by atoms with E-state index in [1.54, 1.807) is 12.3 Å². The van der Waals surface area contributed by atoms with Crippen LogP contribution in [0, 0.1) is 0 Å². The van der Waals surface area contributed by atoms with Crippen molar-refractivity contribution in [1.82, 2.24) is 0 Å². The van der Waals surface area contributed by atoms with E-state index in [9.17, 15) is 4.39 Å².